The topological polar surface area (TPSA) is 66.5 Å². The Balaban J connectivity index is 2.02. The van der Waals surface area contributed by atoms with Crippen molar-refractivity contribution in [3.8, 4) is 0 Å². The second kappa shape index (κ2) is 6.87. The monoisotopic (exact) mass is 308 g/mol. The van der Waals surface area contributed by atoms with Gasteiger partial charge >= 0.3 is 0 Å². The minimum Gasteiger partial charge on any atom is -0.349 e. The van der Waals surface area contributed by atoms with Gasteiger partial charge in [-0.25, -0.2) is 12.7 Å². The van der Waals surface area contributed by atoms with Gasteiger partial charge in [0.25, 0.3) is 5.91 Å². The number of rotatable bonds is 6. The summed E-state index contributed by atoms with van der Waals surface area (Å²) in [6.45, 7) is 5.17. The molecule has 1 aromatic rings. The normalized spacial score (nSPS) is 15.8. The van der Waals surface area contributed by atoms with E-state index in [4.69, 9.17) is 0 Å². The summed E-state index contributed by atoms with van der Waals surface area (Å²) >= 11 is 0. The van der Waals surface area contributed by atoms with Crippen LogP contribution in [0, 0.1) is 0 Å². The van der Waals surface area contributed by atoms with Crippen molar-refractivity contribution in [3.05, 3.63) is 48.0 Å². The summed E-state index contributed by atoms with van der Waals surface area (Å²) in [5, 5.41) is 2.68. The van der Waals surface area contributed by atoms with Crippen LogP contribution >= 0.6 is 0 Å². The molecule has 0 atom stereocenters. The molecule has 1 saturated heterocycles. The molecule has 1 amide bonds. The van der Waals surface area contributed by atoms with E-state index in [1.165, 1.54) is 4.31 Å². The number of hydrogen-bond donors (Lipinski definition) is 1. The van der Waals surface area contributed by atoms with E-state index in [0.717, 1.165) is 12.8 Å². The van der Waals surface area contributed by atoms with Crippen molar-refractivity contribution >= 4 is 15.9 Å². The van der Waals surface area contributed by atoms with Crippen molar-refractivity contribution in [1.82, 2.24) is 9.62 Å². The maximum absolute atomic E-state index is 12.2. The SMILES string of the molecule is C=CCNC(=O)c1ccc(CS(=O)(=O)N2CCCC2)cc1. The average molecular weight is 308 g/mol. The number of nitrogens with zero attached hydrogens (tertiary/aromatic N) is 1. The van der Waals surface area contributed by atoms with Gasteiger partial charge in [-0.3, -0.25) is 4.79 Å². The summed E-state index contributed by atoms with van der Waals surface area (Å²) in [4.78, 5) is 11.7. The maximum atomic E-state index is 12.2. The van der Waals surface area contributed by atoms with E-state index in [9.17, 15) is 13.2 Å². The highest BCUT2D eigenvalue weighted by Crippen LogP contribution is 2.17. The van der Waals surface area contributed by atoms with Gasteiger partial charge < -0.3 is 5.32 Å². The Hall–Kier alpha value is -1.66. The molecule has 0 spiro atoms. The molecule has 6 heteroatoms. The number of carbonyl (C=O) groups is 1. The molecule has 0 bridgehead atoms. The Labute approximate surface area is 125 Å². The predicted molar refractivity (Wildman–Crippen MR) is 82.4 cm³/mol. The lowest BCUT2D eigenvalue weighted by molar-refractivity contribution is 0.0958. The highest BCUT2D eigenvalue weighted by Gasteiger charge is 2.25. The van der Waals surface area contributed by atoms with E-state index < -0.39 is 10.0 Å². The fourth-order valence-electron chi connectivity index (χ4n) is 2.29. The zero-order valence-corrected chi connectivity index (χ0v) is 12.7. The fourth-order valence-corrected chi connectivity index (χ4v) is 3.90. The molecule has 0 unspecified atom stereocenters. The number of carbonyl (C=O) groups excluding carboxylic acids is 1. The lowest BCUT2D eigenvalue weighted by atomic mass is 10.1. The molecule has 1 N–H and O–H groups in total. The summed E-state index contributed by atoms with van der Waals surface area (Å²) in [6.07, 6.45) is 3.47. The summed E-state index contributed by atoms with van der Waals surface area (Å²) in [6, 6.07) is 6.67. The Morgan fingerprint density at radius 2 is 1.86 bits per heavy atom. The van der Waals surface area contributed by atoms with Crippen LogP contribution < -0.4 is 5.32 Å². The molecule has 0 radical (unpaired) electrons. The van der Waals surface area contributed by atoms with Crippen LogP contribution in [0.5, 0.6) is 0 Å². The molecule has 0 aromatic heterocycles. The number of benzene rings is 1. The summed E-state index contributed by atoms with van der Waals surface area (Å²) in [5.74, 6) is -0.203. The number of sulfonamides is 1. The zero-order chi connectivity index (χ0) is 15.3. The summed E-state index contributed by atoms with van der Waals surface area (Å²) < 4.78 is 25.9. The molecule has 21 heavy (non-hydrogen) atoms. The van der Waals surface area contributed by atoms with Gasteiger partial charge in [-0.2, -0.15) is 0 Å². The quantitative estimate of drug-likeness (QED) is 0.810. The van der Waals surface area contributed by atoms with Gasteiger partial charge in [-0.15, -0.1) is 6.58 Å². The highest BCUT2D eigenvalue weighted by atomic mass is 32.2. The Kier molecular flexibility index (Phi) is 5.14. The van der Waals surface area contributed by atoms with Crippen LogP contribution in [0.4, 0.5) is 0 Å². The summed E-state index contributed by atoms with van der Waals surface area (Å²) in [5.41, 5.74) is 1.21. The van der Waals surface area contributed by atoms with Crippen molar-refractivity contribution in [2.45, 2.75) is 18.6 Å². The molecule has 1 heterocycles. The van der Waals surface area contributed by atoms with E-state index >= 15 is 0 Å². The molecule has 0 aliphatic carbocycles. The van der Waals surface area contributed by atoms with Crippen LogP contribution in [-0.2, 0) is 15.8 Å². The Morgan fingerprint density at radius 3 is 2.43 bits per heavy atom. The lowest BCUT2D eigenvalue weighted by Gasteiger charge is -2.15. The molecule has 2 rings (SSSR count). The molecular formula is C15H20N2O3S. The molecular weight excluding hydrogens is 288 g/mol. The van der Waals surface area contributed by atoms with Crippen LogP contribution in [0.25, 0.3) is 0 Å². The fraction of sp³-hybridized carbons (Fsp3) is 0.400. The maximum Gasteiger partial charge on any atom is 0.251 e. The second-order valence-electron chi connectivity index (χ2n) is 5.06. The highest BCUT2D eigenvalue weighted by molar-refractivity contribution is 7.88. The Bertz CT molecular complexity index is 602. The summed E-state index contributed by atoms with van der Waals surface area (Å²) in [7, 11) is -3.24. The molecule has 1 fully saturated rings. The van der Waals surface area contributed by atoms with Gasteiger partial charge in [0.2, 0.25) is 10.0 Å². The smallest absolute Gasteiger partial charge is 0.251 e. The molecule has 1 aromatic carbocycles. The van der Waals surface area contributed by atoms with Crippen LogP contribution in [0.2, 0.25) is 0 Å². The first-order valence-electron chi connectivity index (χ1n) is 6.99. The van der Waals surface area contributed by atoms with Crippen molar-refractivity contribution in [2.75, 3.05) is 19.6 Å². The zero-order valence-electron chi connectivity index (χ0n) is 11.9. The first-order valence-corrected chi connectivity index (χ1v) is 8.60. The molecule has 114 valence electrons. The Morgan fingerprint density at radius 1 is 1.24 bits per heavy atom. The third-order valence-electron chi connectivity index (χ3n) is 3.43. The minimum atomic E-state index is -3.24. The molecule has 0 saturated carbocycles. The van der Waals surface area contributed by atoms with Crippen LogP contribution in [0.1, 0.15) is 28.8 Å². The van der Waals surface area contributed by atoms with Crippen LogP contribution in [0.15, 0.2) is 36.9 Å². The number of hydrogen-bond acceptors (Lipinski definition) is 3. The average Bonchev–Trinajstić information content (AvgIpc) is 3.00. The van der Waals surface area contributed by atoms with Gasteiger partial charge in [0, 0.05) is 25.2 Å². The molecule has 1 aliphatic heterocycles. The molecule has 1 aliphatic rings. The second-order valence-corrected chi connectivity index (χ2v) is 7.03. The van der Waals surface area contributed by atoms with Gasteiger partial charge in [0.15, 0.2) is 0 Å². The van der Waals surface area contributed by atoms with Gasteiger partial charge in [0.1, 0.15) is 0 Å². The predicted octanol–water partition coefficient (Wildman–Crippen LogP) is 1.53. The van der Waals surface area contributed by atoms with Crippen LogP contribution in [0.3, 0.4) is 0 Å². The van der Waals surface area contributed by atoms with Crippen molar-refractivity contribution in [3.63, 3.8) is 0 Å². The minimum absolute atomic E-state index is 0.0123. The third-order valence-corrected chi connectivity index (χ3v) is 5.28. The van der Waals surface area contributed by atoms with E-state index in [1.807, 2.05) is 0 Å². The largest absolute Gasteiger partial charge is 0.349 e. The van der Waals surface area contributed by atoms with Gasteiger partial charge in [-0.1, -0.05) is 18.2 Å². The standard InChI is InChI=1S/C15H20N2O3S/c1-2-9-16-15(18)14-7-5-13(6-8-14)12-21(19,20)17-10-3-4-11-17/h2,5-8H,1,3-4,9-12H2,(H,16,18). The lowest BCUT2D eigenvalue weighted by Crippen LogP contribution is -2.29. The van der Waals surface area contributed by atoms with Gasteiger partial charge in [0.05, 0.1) is 5.75 Å². The van der Waals surface area contributed by atoms with Crippen molar-refractivity contribution in [2.24, 2.45) is 0 Å². The van der Waals surface area contributed by atoms with Crippen molar-refractivity contribution in [1.29, 1.82) is 0 Å². The number of amides is 1. The van der Waals surface area contributed by atoms with Gasteiger partial charge in [-0.05, 0) is 30.5 Å². The third kappa shape index (κ3) is 4.15. The van der Waals surface area contributed by atoms with Crippen molar-refractivity contribution < 1.29 is 13.2 Å². The van der Waals surface area contributed by atoms with E-state index in [2.05, 4.69) is 11.9 Å². The van der Waals surface area contributed by atoms with E-state index in [1.54, 1.807) is 30.3 Å². The first-order chi connectivity index (χ1) is 10.0. The van der Waals surface area contributed by atoms with Crippen LogP contribution in [-0.4, -0.2) is 38.3 Å². The van der Waals surface area contributed by atoms with E-state index in [0.29, 0.717) is 30.8 Å². The first kappa shape index (κ1) is 15.7. The number of nitrogens with one attached hydrogen (secondary N) is 1. The van der Waals surface area contributed by atoms with E-state index in [-0.39, 0.29) is 11.7 Å². The molecule has 5 nitrogen and oxygen atoms in total.